The Hall–Kier alpha value is -1.20. The van der Waals surface area contributed by atoms with Crippen molar-refractivity contribution in [3.63, 3.8) is 0 Å². The summed E-state index contributed by atoms with van der Waals surface area (Å²) >= 11 is 3.27. The van der Waals surface area contributed by atoms with Gasteiger partial charge in [0.15, 0.2) is 18.5 Å². The molecule has 0 bridgehead atoms. The average Bonchev–Trinajstić information content (AvgIpc) is 2.35. The number of rotatable bonds is 6. The Labute approximate surface area is 120 Å². The second kappa shape index (κ2) is 7.40. The molecule has 1 rings (SSSR count). The molecule has 1 atom stereocenters. The lowest BCUT2D eigenvalue weighted by Crippen LogP contribution is -2.26. The Morgan fingerprint density at radius 1 is 1.26 bits per heavy atom. The Bertz CT molecular complexity index is 439. The molecule has 0 saturated carbocycles. The number of esters is 1. The second-order valence-corrected chi connectivity index (χ2v) is 5.60. The van der Waals surface area contributed by atoms with Gasteiger partial charge in [0.05, 0.1) is 0 Å². The molecule has 1 aromatic carbocycles. The summed E-state index contributed by atoms with van der Waals surface area (Å²) in [6.07, 6.45) is -0.844. The van der Waals surface area contributed by atoms with Crippen LogP contribution in [0.1, 0.15) is 30.6 Å². The molecule has 0 aliphatic carbocycles. The van der Waals surface area contributed by atoms with Crippen molar-refractivity contribution in [1.29, 1.82) is 0 Å². The first-order chi connectivity index (χ1) is 8.90. The van der Waals surface area contributed by atoms with Gasteiger partial charge in [-0.15, -0.1) is 0 Å². The topological polar surface area (TPSA) is 63.6 Å². The monoisotopic (exact) mass is 328 g/mol. The van der Waals surface area contributed by atoms with Crippen LogP contribution >= 0.6 is 15.9 Å². The molecule has 0 heterocycles. The summed E-state index contributed by atoms with van der Waals surface area (Å²) in [6.45, 7) is 3.43. The molecule has 0 saturated heterocycles. The van der Waals surface area contributed by atoms with Crippen LogP contribution in [0.5, 0.6) is 0 Å². The van der Waals surface area contributed by atoms with Crippen LogP contribution in [0.25, 0.3) is 0 Å². The minimum atomic E-state index is -1.17. The van der Waals surface area contributed by atoms with Crippen molar-refractivity contribution < 1.29 is 19.4 Å². The SMILES string of the molecule is CC(C)CC(O)C(=O)OCC(=O)c1ccc(Br)cc1. The molecule has 19 heavy (non-hydrogen) atoms. The summed E-state index contributed by atoms with van der Waals surface area (Å²) in [7, 11) is 0. The molecule has 4 nitrogen and oxygen atoms in total. The van der Waals surface area contributed by atoms with Crippen LogP contribution in [0.15, 0.2) is 28.7 Å². The van der Waals surface area contributed by atoms with Gasteiger partial charge in [0.1, 0.15) is 0 Å². The van der Waals surface area contributed by atoms with E-state index in [2.05, 4.69) is 15.9 Å². The molecule has 5 heteroatoms. The van der Waals surface area contributed by atoms with Gasteiger partial charge >= 0.3 is 5.97 Å². The zero-order valence-electron chi connectivity index (χ0n) is 10.9. The Kier molecular flexibility index (Phi) is 6.18. The van der Waals surface area contributed by atoms with Crippen molar-refractivity contribution >= 4 is 27.7 Å². The van der Waals surface area contributed by atoms with Crippen LogP contribution in [0.3, 0.4) is 0 Å². The van der Waals surface area contributed by atoms with E-state index in [1.54, 1.807) is 24.3 Å². The number of aliphatic hydroxyl groups is 1. The number of carbonyl (C=O) groups is 2. The van der Waals surface area contributed by atoms with Gasteiger partial charge in [0, 0.05) is 10.0 Å². The standard InChI is InChI=1S/C14H17BrO4/c1-9(2)7-12(16)14(18)19-8-13(17)10-3-5-11(15)6-4-10/h3-6,9,12,16H,7-8H2,1-2H3. The van der Waals surface area contributed by atoms with E-state index in [-0.39, 0.29) is 18.3 Å². The van der Waals surface area contributed by atoms with E-state index >= 15 is 0 Å². The number of Topliss-reactive ketones (excluding diaryl/α,β-unsaturated/α-hetero) is 1. The molecule has 0 spiro atoms. The van der Waals surface area contributed by atoms with Crippen LogP contribution in [0, 0.1) is 5.92 Å². The first-order valence-electron chi connectivity index (χ1n) is 6.03. The molecule has 0 aromatic heterocycles. The van der Waals surface area contributed by atoms with Gasteiger partial charge in [-0.1, -0.05) is 41.9 Å². The van der Waals surface area contributed by atoms with Crippen molar-refractivity contribution in [2.24, 2.45) is 5.92 Å². The van der Waals surface area contributed by atoms with E-state index in [0.717, 1.165) is 4.47 Å². The van der Waals surface area contributed by atoms with Crippen molar-refractivity contribution in [3.05, 3.63) is 34.3 Å². The molecular weight excluding hydrogens is 312 g/mol. The minimum absolute atomic E-state index is 0.185. The third-order valence-corrected chi connectivity index (χ3v) is 3.01. The Balaban J connectivity index is 2.46. The number of halogens is 1. The zero-order valence-corrected chi connectivity index (χ0v) is 12.5. The molecule has 1 N–H and O–H groups in total. The largest absolute Gasteiger partial charge is 0.455 e. The molecule has 0 amide bonds. The van der Waals surface area contributed by atoms with Gasteiger partial charge < -0.3 is 9.84 Å². The summed E-state index contributed by atoms with van der Waals surface area (Å²) in [5, 5.41) is 9.52. The van der Waals surface area contributed by atoms with Crippen LogP contribution in [-0.2, 0) is 9.53 Å². The van der Waals surface area contributed by atoms with Crippen LogP contribution in [0.4, 0.5) is 0 Å². The second-order valence-electron chi connectivity index (χ2n) is 4.68. The van der Waals surface area contributed by atoms with Crippen molar-refractivity contribution in [3.8, 4) is 0 Å². The third kappa shape index (κ3) is 5.53. The fraction of sp³-hybridized carbons (Fsp3) is 0.429. The van der Waals surface area contributed by atoms with E-state index in [1.807, 2.05) is 13.8 Å². The van der Waals surface area contributed by atoms with Crippen molar-refractivity contribution in [1.82, 2.24) is 0 Å². The minimum Gasteiger partial charge on any atom is -0.455 e. The summed E-state index contributed by atoms with van der Waals surface area (Å²) in [6, 6.07) is 6.76. The van der Waals surface area contributed by atoms with Gasteiger partial charge in [-0.25, -0.2) is 4.79 Å². The molecular formula is C14H17BrO4. The fourth-order valence-electron chi connectivity index (χ4n) is 1.49. The maximum absolute atomic E-state index is 11.7. The first-order valence-corrected chi connectivity index (χ1v) is 6.83. The lowest BCUT2D eigenvalue weighted by atomic mass is 10.1. The highest BCUT2D eigenvalue weighted by Crippen LogP contribution is 2.11. The summed E-state index contributed by atoms with van der Waals surface area (Å²) in [5.41, 5.74) is 0.467. The lowest BCUT2D eigenvalue weighted by molar-refractivity contribution is -0.153. The van der Waals surface area contributed by atoms with Crippen LogP contribution in [-0.4, -0.2) is 29.6 Å². The number of aliphatic hydroxyl groups excluding tert-OH is 1. The lowest BCUT2D eigenvalue weighted by Gasteiger charge is -2.12. The predicted octanol–water partition coefficient (Wildman–Crippen LogP) is 2.58. The number of carbonyl (C=O) groups excluding carboxylic acids is 2. The predicted molar refractivity (Wildman–Crippen MR) is 74.9 cm³/mol. The van der Waals surface area contributed by atoms with Gasteiger partial charge in [-0.3, -0.25) is 4.79 Å². The molecule has 0 radical (unpaired) electrons. The summed E-state index contributed by atoms with van der Waals surface area (Å²) in [5.74, 6) is -0.860. The van der Waals surface area contributed by atoms with Gasteiger partial charge in [0.25, 0.3) is 0 Å². The van der Waals surface area contributed by atoms with Crippen molar-refractivity contribution in [2.75, 3.05) is 6.61 Å². The molecule has 1 unspecified atom stereocenters. The smallest absolute Gasteiger partial charge is 0.335 e. The maximum atomic E-state index is 11.7. The highest BCUT2D eigenvalue weighted by atomic mass is 79.9. The van der Waals surface area contributed by atoms with Crippen LogP contribution in [0.2, 0.25) is 0 Å². The highest BCUT2D eigenvalue weighted by molar-refractivity contribution is 9.10. The zero-order chi connectivity index (χ0) is 14.4. The third-order valence-electron chi connectivity index (χ3n) is 2.48. The molecule has 0 fully saturated rings. The Morgan fingerprint density at radius 3 is 2.37 bits per heavy atom. The first kappa shape index (κ1) is 15.9. The molecule has 1 aromatic rings. The van der Waals surface area contributed by atoms with Crippen molar-refractivity contribution in [2.45, 2.75) is 26.4 Å². The number of hydrogen-bond donors (Lipinski definition) is 1. The van der Waals surface area contributed by atoms with E-state index in [4.69, 9.17) is 4.74 Å². The normalized spacial score (nSPS) is 12.3. The van der Waals surface area contributed by atoms with E-state index in [1.165, 1.54) is 0 Å². The molecule has 0 aliphatic rings. The number of benzene rings is 1. The van der Waals surface area contributed by atoms with E-state index in [9.17, 15) is 14.7 Å². The number of hydrogen-bond acceptors (Lipinski definition) is 4. The summed E-state index contributed by atoms with van der Waals surface area (Å²) < 4.78 is 5.67. The number of ketones is 1. The summed E-state index contributed by atoms with van der Waals surface area (Å²) in [4.78, 5) is 23.2. The molecule has 0 aliphatic heterocycles. The van der Waals surface area contributed by atoms with Crippen LogP contribution < -0.4 is 0 Å². The number of ether oxygens (including phenoxy) is 1. The van der Waals surface area contributed by atoms with Gasteiger partial charge in [-0.2, -0.15) is 0 Å². The van der Waals surface area contributed by atoms with E-state index < -0.39 is 12.1 Å². The van der Waals surface area contributed by atoms with Gasteiger partial charge in [-0.05, 0) is 24.5 Å². The molecule has 104 valence electrons. The highest BCUT2D eigenvalue weighted by Gasteiger charge is 2.19. The quantitative estimate of drug-likeness (QED) is 0.644. The maximum Gasteiger partial charge on any atom is 0.335 e. The Morgan fingerprint density at radius 2 is 1.84 bits per heavy atom. The van der Waals surface area contributed by atoms with Gasteiger partial charge in [0.2, 0.25) is 0 Å². The van der Waals surface area contributed by atoms with E-state index in [0.29, 0.717) is 12.0 Å². The average molecular weight is 329 g/mol. The fourth-order valence-corrected chi connectivity index (χ4v) is 1.76.